The third kappa shape index (κ3) is 1.90. The molecule has 14 heavy (non-hydrogen) atoms. The van der Waals surface area contributed by atoms with E-state index in [9.17, 15) is 14.4 Å². The Kier molecular flexibility index (Phi) is 2.85. The number of nitrogens with one attached hydrogen (secondary N) is 1. The molecule has 1 heterocycles. The first-order chi connectivity index (χ1) is 6.56. The number of ether oxygens (including phenoxy) is 1. The Labute approximate surface area is 79.5 Å². The summed E-state index contributed by atoms with van der Waals surface area (Å²) in [6, 6.07) is 0. The molecule has 6 heteroatoms. The van der Waals surface area contributed by atoms with Crippen molar-refractivity contribution in [3.63, 3.8) is 0 Å². The predicted molar refractivity (Wildman–Crippen MR) is 44.3 cm³/mol. The zero-order chi connectivity index (χ0) is 10.7. The second-order valence-electron chi connectivity index (χ2n) is 2.71. The van der Waals surface area contributed by atoms with Gasteiger partial charge in [0.25, 0.3) is 0 Å². The Bertz CT molecular complexity index is 331. The number of methoxy groups -OCH3 is 1. The minimum absolute atomic E-state index is 0.000370. The lowest BCUT2D eigenvalue weighted by Crippen LogP contribution is -2.35. The van der Waals surface area contributed by atoms with Gasteiger partial charge in [0.2, 0.25) is 5.91 Å². The van der Waals surface area contributed by atoms with Gasteiger partial charge < -0.3 is 15.2 Å². The number of rotatable bonds is 2. The number of hydrogen-bond donors (Lipinski definition) is 2. The fourth-order valence-corrected chi connectivity index (χ4v) is 1.15. The molecule has 0 spiro atoms. The van der Waals surface area contributed by atoms with Crippen LogP contribution in [0.2, 0.25) is 0 Å². The minimum atomic E-state index is -1.26. The van der Waals surface area contributed by atoms with Gasteiger partial charge >= 0.3 is 11.9 Å². The van der Waals surface area contributed by atoms with Gasteiger partial charge in [0, 0.05) is 0 Å². The summed E-state index contributed by atoms with van der Waals surface area (Å²) in [5.74, 6) is -2.39. The van der Waals surface area contributed by atoms with Crippen molar-refractivity contribution in [1.82, 2.24) is 5.32 Å². The van der Waals surface area contributed by atoms with Gasteiger partial charge in [-0.15, -0.1) is 0 Å². The maximum Gasteiger partial charge on any atom is 0.336 e. The van der Waals surface area contributed by atoms with Crippen LogP contribution in [0.5, 0.6) is 0 Å². The Balaban J connectivity index is 3.05. The van der Waals surface area contributed by atoms with E-state index in [4.69, 9.17) is 5.11 Å². The van der Waals surface area contributed by atoms with E-state index in [0.717, 1.165) is 7.11 Å². The molecule has 0 aromatic heterocycles. The van der Waals surface area contributed by atoms with Crippen LogP contribution in [-0.4, -0.2) is 36.6 Å². The van der Waals surface area contributed by atoms with Gasteiger partial charge in [0.05, 0.1) is 31.2 Å². The maximum atomic E-state index is 11.1. The maximum absolute atomic E-state index is 11.1. The van der Waals surface area contributed by atoms with Crippen LogP contribution in [0, 0.1) is 0 Å². The van der Waals surface area contributed by atoms with Gasteiger partial charge in [-0.25, -0.2) is 9.59 Å². The highest BCUT2D eigenvalue weighted by Gasteiger charge is 2.27. The molecular formula is C8H9NO5. The molecule has 1 aliphatic rings. The van der Waals surface area contributed by atoms with Crippen LogP contribution >= 0.6 is 0 Å². The van der Waals surface area contributed by atoms with Crippen LogP contribution in [0.25, 0.3) is 0 Å². The van der Waals surface area contributed by atoms with Crippen molar-refractivity contribution >= 4 is 17.8 Å². The molecule has 6 nitrogen and oxygen atoms in total. The van der Waals surface area contributed by atoms with E-state index in [1.165, 1.54) is 0 Å². The Morgan fingerprint density at radius 2 is 2.07 bits per heavy atom. The van der Waals surface area contributed by atoms with Crippen molar-refractivity contribution in [2.75, 3.05) is 13.7 Å². The molecule has 0 aromatic carbocycles. The fourth-order valence-electron chi connectivity index (χ4n) is 1.15. The predicted octanol–water partition coefficient (Wildman–Crippen LogP) is -0.940. The van der Waals surface area contributed by atoms with Gasteiger partial charge in [0.1, 0.15) is 0 Å². The van der Waals surface area contributed by atoms with E-state index >= 15 is 0 Å². The number of esters is 1. The SMILES string of the molecule is COC(=O)C1=C(C(=O)O)CC(=O)NC1. The second-order valence-corrected chi connectivity index (χ2v) is 2.71. The number of hydrogen-bond acceptors (Lipinski definition) is 4. The molecule has 2 N–H and O–H groups in total. The molecule has 1 aliphatic heterocycles. The standard InChI is InChI=1S/C8H9NO5/c1-14-8(13)5-3-9-6(10)2-4(5)7(11)12/h2-3H2,1H3,(H,9,10)(H,11,12). The van der Waals surface area contributed by atoms with Crippen molar-refractivity contribution in [1.29, 1.82) is 0 Å². The topological polar surface area (TPSA) is 92.7 Å². The highest BCUT2D eigenvalue weighted by Crippen LogP contribution is 2.14. The van der Waals surface area contributed by atoms with Crippen LogP contribution < -0.4 is 5.32 Å². The molecule has 0 radical (unpaired) electrons. The number of amides is 1. The van der Waals surface area contributed by atoms with E-state index < -0.39 is 17.8 Å². The summed E-state index contributed by atoms with van der Waals surface area (Å²) in [7, 11) is 1.16. The molecule has 0 unspecified atom stereocenters. The Morgan fingerprint density at radius 3 is 2.57 bits per heavy atom. The van der Waals surface area contributed by atoms with Gasteiger partial charge in [-0.3, -0.25) is 4.79 Å². The van der Waals surface area contributed by atoms with Crippen LogP contribution in [0.1, 0.15) is 6.42 Å². The van der Waals surface area contributed by atoms with E-state index in [1.807, 2.05) is 0 Å². The summed E-state index contributed by atoms with van der Waals surface area (Å²) in [5.41, 5.74) is -0.194. The molecule has 0 aromatic rings. The van der Waals surface area contributed by atoms with E-state index in [0.29, 0.717) is 0 Å². The highest BCUT2D eigenvalue weighted by atomic mass is 16.5. The Morgan fingerprint density at radius 1 is 1.43 bits per heavy atom. The monoisotopic (exact) mass is 199 g/mol. The van der Waals surface area contributed by atoms with Crippen LogP contribution in [0.3, 0.4) is 0 Å². The molecule has 76 valence electrons. The minimum Gasteiger partial charge on any atom is -0.478 e. The smallest absolute Gasteiger partial charge is 0.336 e. The summed E-state index contributed by atoms with van der Waals surface area (Å²) in [6.45, 7) is -0.0901. The summed E-state index contributed by atoms with van der Waals surface area (Å²) < 4.78 is 4.39. The second kappa shape index (κ2) is 3.91. The molecule has 0 bridgehead atoms. The molecule has 0 saturated carbocycles. The fraction of sp³-hybridized carbons (Fsp3) is 0.375. The first-order valence-electron chi connectivity index (χ1n) is 3.86. The average Bonchev–Trinajstić information content (AvgIpc) is 2.16. The number of carbonyl (C=O) groups is 3. The summed E-state index contributed by atoms with van der Waals surface area (Å²) in [6.07, 6.45) is -0.292. The molecule has 0 fully saturated rings. The van der Waals surface area contributed by atoms with Crippen LogP contribution in [-0.2, 0) is 19.1 Å². The van der Waals surface area contributed by atoms with Gasteiger partial charge in [-0.2, -0.15) is 0 Å². The zero-order valence-electron chi connectivity index (χ0n) is 7.49. The highest BCUT2D eigenvalue weighted by molar-refractivity contribution is 6.05. The first-order valence-corrected chi connectivity index (χ1v) is 3.86. The lowest BCUT2D eigenvalue weighted by atomic mass is 10.0. The molecule has 1 rings (SSSR count). The average molecular weight is 199 g/mol. The van der Waals surface area contributed by atoms with E-state index in [1.54, 1.807) is 0 Å². The Hall–Kier alpha value is -1.85. The first kappa shape index (κ1) is 10.2. The quantitative estimate of drug-likeness (QED) is 0.560. The molecular weight excluding hydrogens is 190 g/mol. The lowest BCUT2D eigenvalue weighted by Gasteiger charge is -2.16. The van der Waals surface area contributed by atoms with Crippen molar-refractivity contribution in [3.05, 3.63) is 11.1 Å². The van der Waals surface area contributed by atoms with E-state index in [-0.39, 0.29) is 24.1 Å². The largest absolute Gasteiger partial charge is 0.478 e. The molecule has 0 aliphatic carbocycles. The van der Waals surface area contributed by atoms with Crippen molar-refractivity contribution in [3.8, 4) is 0 Å². The van der Waals surface area contributed by atoms with Crippen molar-refractivity contribution in [2.24, 2.45) is 0 Å². The number of carboxylic acids is 1. The molecule has 0 saturated heterocycles. The van der Waals surface area contributed by atoms with Crippen LogP contribution in [0.4, 0.5) is 0 Å². The van der Waals surface area contributed by atoms with Gasteiger partial charge in [-0.05, 0) is 0 Å². The van der Waals surface area contributed by atoms with Gasteiger partial charge in [0.15, 0.2) is 0 Å². The van der Waals surface area contributed by atoms with Crippen LogP contribution in [0.15, 0.2) is 11.1 Å². The third-order valence-electron chi connectivity index (χ3n) is 1.85. The lowest BCUT2D eigenvalue weighted by molar-refractivity contribution is -0.139. The number of carboxylic acid groups (broad SMARTS) is 1. The summed E-state index contributed by atoms with van der Waals surface area (Å²) >= 11 is 0. The van der Waals surface area contributed by atoms with Crippen molar-refractivity contribution < 1.29 is 24.2 Å². The van der Waals surface area contributed by atoms with Gasteiger partial charge in [-0.1, -0.05) is 0 Å². The number of aliphatic carboxylic acids is 1. The zero-order valence-corrected chi connectivity index (χ0v) is 7.49. The third-order valence-corrected chi connectivity index (χ3v) is 1.85. The normalized spacial score (nSPS) is 16.2. The summed E-state index contributed by atoms with van der Waals surface area (Å²) in [5, 5.41) is 11.1. The van der Waals surface area contributed by atoms with Crippen molar-refractivity contribution in [2.45, 2.75) is 6.42 Å². The number of carbonyl (C=O) groups excluding carboxylic acids is 2. The molecule has 1 amide bonds. The summed E-state index contributed by atoms with van der Waals surface area (Å²) in [4.78, 5) is 32.7. The van der Waals surface area contributed by atoms with E-state index in [2.05, 4.69) is 10.1 Å². The molecule has 0 atom stereocenters.